The van der Waals surface area contributed by atoms with Crippen LogP contribution < -0.4 is 9.46 Å². The summed E-state index contributed by atoms with van der Waals surface area (Å²) in [6, 6.07) is 21.8. The van der Waals surface area contributed by atoms with Gasteiger partial charge < -0.3 is 9.64 Å². The first kappa shape index (κ1) is 23.8. The van der Waals surface area contributed by atoms with Gasteiger partial charge in [0.1, 0.15) is 5.75 Å². The van der Waals surface area contributed by atoms with E-state index in [0.717, 1.165) is 12.0 Å². The maximum atomic E-state index is 13.1. The lowest BCUT2D eigenvalue weighted by molar-refractivity contribution is 0.0743. The number of hydrogen-bond donors (Lipinski definition) is 1. The third kappa shape index (κ3) is 5.90. The third-order valence-electron chi connectivity index (χ3n) is 5.00. The smallest absolute Gasteiger partial charge is 0.262 e. The van der Waals surface area contributed by atoms with E-state index < -0.39 is 10.0 Å². The molecule has 0 radical (unpaired) electrons. The standard InChI is InChI=1S/C25H25N3O4S/c1-3-16-28(18-20-10-8-19(17-26)9-11-20)25(29)21-12-14-22(15-13-21)33(30,31)27-23-6-4-5-7-24(23)32-2/h4-15,27H,3,16,18H2,1-2H3. The molecule has 0 atom stereocenters. The van der Waals surface area contributed by atoms with Crippen LogP contribution in [0.1, 0.15) is 34.8 Å². The van der Waals surface area contributed by atoms with E-state index in [2.05, 4.69) is 10.8 Å². The average molecular weight is 464 g/mol. The van der Waals surface area contributed by atoms with Gasteiger partial charge in [-0.3, -0.25) is 9.52 Å². The molecule has 170 valence electrons. The van der Waals surface area contributed by atoms with Gasteiger partial charge in [-0.15, -0.1) is 0 Å². The van der Waals surface area contributed by atoms with Crippen molar-refractivity contribution in [3.05, 3.63) is 89.5 Å². The number of sulfonamides is 1. The minimum atomic E-state index is -3.86. The molecule has 1 N–H and O–H groups in total. The van der Waals surface area contributed by atoms with Crippen LogP contribution in [-0.4, -0.2) is 32.9 Å². The molecule has 0 unspecified atom stereocenters. The Labute approximate surface area is 194 Å². The molecule has 0 aliphatic rings. The number of carbonyl (C=O) groups excluding carboxylic acids is 1. The van der Waals surface area contributed by atoms with Crippen molar-refractivity contribution in [2.75, 3.05) is 18.4 Å². The van der Waals surface area contributed by atoms with E-state index in [1.54, 1.807) is 41.3 Å². The lowest BCUT2D eigenvalue weighted by Crippen LogP contribution is -2.31. The van der Waals surface area contributed by atoms with E-state index in [1.807, 2.05) is 19.1 Å². The Morgan fingerprint density at radius 2 is 1.70 bits per heavy atom. The number of nitrogens with zero attached hydrogens (tertiary/aromatic N) is 2. The number of para-hydroxylation sites is 2. The van der Waals surface area contributed by atoms with E-state index >= 15 is 0 Å². The summed E-state index contributed by atoms with van der Waals surface area (Å²) in [6.45, 7) is 2.93. The first-order valence-corrected chi connectivity index (χ1v) is 11.9. The van der Waals surface area contributed by atoms with Crippen molar-refractivity contribution in [3.8, 4) is 11.8 Å². The molecule has 0 aromatic heterocycles. The van der Waals surface area contributed by atoms with Gasteiger partial charge in [-0.1, -0.05) is 31.2 Å². The highest BCUT2D eigenvalue weighted by atomic mass is 32.2. The zero-order valence-corrected chi connectivity index (χ0v) is 19.3. The molecule has 3 aromatic rings. The fourth-order valence-electron chi connectivity index (χ4n) is 3.32. The van der Waals surface area contributed by atoms with Crippen LogP contribution in [0.25, 0.3) is 0 Å². The molecule has 8 heteroatoms. The molecular weight excluding hydrogens is 438 g/mol. The van der Waals surface area contributed by atoms with Crippen molar-refractivity contribution >= 4 is 21.6 Å². The Balaban J connectivity index is 1.77. The van der Waals surface area contributed by atoms with Gasteiger partial charge >= 0.3 is 0 Å². The number of rotatable bonds is 9. The van der Waals surface area contributed by atoms with Crippen LogP contribution in [0.15, 0.2) is 77.7 Å². The lowest BCUT2D eigenvalue weighted by atomic mass is 10.1. The van der Waals surface area contributed by atoms with Crippen molar-refractivity contribution < 1.29 is 17.9 Å². The fourth-order valence-corrected chi connectivity index (χ4v) is 4.39. The Morgan fingerprint density at radius 3 is 2.30 bits per heavy atom. The topological polar surface area (TPSA) is 99.5 Å². The number of methoxy groups -OCH3 is 1. The molecule has 0 fully saturated rings. The van der Waals surface area contributed by atoms with Crippen molar-refractivity contribution in [2.24, 2.45) is 0 Å². The van der Waals surface area contributed by atoms with Gasteiger partial charge in [0.05, 0.1) is 29.3 Å². The largest absolute Gasteiger partial charge is 0.495 e. The maximum absolute atomic E-state index is 13.1. The molecule has 0 aliphatic heterocycles. The number of benzene rings is 3. The van der Waals surface area contributed by atoms with Crippen LogP contribution in [-0.2, 0) is 16.6 Å². The molecule has 7 nitrogen and oxygen atoms in total. The molecule has 0 saturated carbocycles. The van der Waals surface area contributed by atoms with Crippen molar-refractivity contribution in [3.63, 3.8) is 0 Å². The minimum Gasteiger partial charge on any atom is -0.495 e. The molecule has 0 saturated heterocycles. The third-order valence-corrected chi connectivity index (χ3v) is 6.38. The van der Waals surface area contributed by atoms with Crippen LogP contribution in [0.2, 0.25) is 0 Å². The summed E-state index contributed by atoms with van der Waals surface area (Å²) in [7, 11) is -2.39. The van der Waals surface area contributed by atoms with Crippen LogP contribution >= 0.6 is 0 Å². The SMILES string of the molecule is CCCN(Cc1ccc(C#N)cc1)C(=O)c1ccc(S(=O)(=O)Nc2ccccc2OC)cc1. The van der Waals surface area contributed by atoms with Crippen LogP contribution in [0.5, 0.6) is 5.75 Å². The second kappa shape index (κ2) is 10.7. The molecular formula is C25H25N3O4S. The van der Waals surface area contributed by atoms with E-state index in [0.29, 0.717) is 35.7 Å². The predicted molar refractivity (Wildman–Crippen MR) is 126 cm³/mol. The number of nitrogens with one attached hydrogen (secondary N) is 1. The average Bonchev–Trinajstić information content (AvgIpc) is 2.84. The van der Waals surface area contributed by atoms with Gasteiger partial charge in [0.15, 0.2) is 0 Å². The van der Waals surface area contributed by atoms with E-state index in [4.69, 9.17) is 10.00 Å². The molecule has 0 aliphatic carbocycles. The summed E-state index contributed by atoms with van der Waals surface area (Å²) in [4.78, 5) is 14.8. The lowest BCUT2D eigenvalue weighted by Gasteiger charge is -2.22. The van der Waals surface area contributed by atoms with E-state index in [9.17, 15) is 13.2 Å². The quantitative estimate of drug-likeness (QED) is 0.506. The Morgan fingerprint density at radius 1 is 1.03 bits per heavy atom. The van der Waals surface area contributed by atoms with Crippen LogP contribution in [0, 0.1) is 11.3 Å². The number of nitriles is 1. The summed E-state index contributed by atoms with van der Waals surface area (Å²) in [6.07, 6.45) is 0.775. The summed E-state index contributed by atoms with van der Waals surface area (Å²) >= 11 is 0. The first-order valence-electron chi connectivity index (χ1n) is 10.4. The van der Waals surface area contributed by atoms with Gasteiger partial charge in [-0.2, -0.15) is 5.26 Å². The second-order valence-corrected chi connectivity index (χ2v) is 9.05. The molecule has 33 heavy (non-hydrogen) atoms. The predicted octanol–water partition coefficient (Wildman–Crippen LogP) is 4.42. The van der Waals surface area contributed by atoms with Gasteiger partial charge in [-0.25, -0.2) is 8.42 Å². The Hall–Kier alpha value is -3.83. The number of ether oxygens (including phenoxy) is 1. The fraction of sp³-hybridized carbons (Fsp3) is 0.200. The minimum absolute atomic E-state index is 0.0408. The van der Waals surface area contributed by atoms with Crippen molar-refractivity contribution in [1.82, 2.24) is 4.90 Å². The Bertz CT molecular complexity index is 1250. The molecule has 3 aromatic carbocycles. The molecule has 0 bridgehead atoms. The maximum Gasteiger partial charge on any atom is 0.262 e. The number of carbonyl (C=O) groups is 1. The number of hydrogen-bond acceptors (Lipinski definition) is 5. The van der Waals surface area contributed by atoms with E-state index in [1.165, 1.54) is 31.4 Å². The summed E-state index contributed by atoms with van der Waals surface area (Å²) in [5, 5.41) is 8.95. The van der Waals surface area contributed by atoms with Crippen LogP contribution in [0.4, 0.5) is 5.69 Å². The van der Waals surface area contributed by atoms with Gasteiger partial charge in [0.25, 0.3) is 15.9 Å². The highest BCUT2D eigenvalue weighted by molar-refractivity contribution is 7.92. The molecule has 3 rings (SSSR count). The molecule has 1 amide bonds. The summed E-state index contributed by atoms with van der Waals surface area (Å²) in [5.41, 5.74) is 2.20. The number of amides is 1. The van der Waals surface area contributed by atoms with Gasteiger partial charge in [0.2, 0.25) is 0 Å². The van der Waals surface area contributed by atoms with Crippen molar-refractivity contribution in [1.29, 1.82) is 5.26 Å². The molecule has 0 spiro atoms. The highest BCUT2D eigenvalue weighted by Crippen LogP contribution is 2.26. The van der Waals surface area contributed by atoms with Gasteiger partial charge in [-0.05, 0) is 60.5 Å². The second-order valence-electron chi connectivity index (χ2n) is 7.37. The zero-order chi connectivity index (χ0) is 23.8. The Kier molecular flexibility index (Phi) is 7.70. The van der Waals surface area contributed by atoms with E-state index in [-0.39, 0.29) is 10.8 Å². The monoisotopic (exact) mass is 463 g/mol. The summed E-state index contributed by atoms with van der Waals surface area (Å²) < 4.78 is 33.3. The normalized spacial score (nSPS) is 10.8. The highest BCUT2D eigenvalue weighted by Gasteiger charge is 2.19. The molecule has 0 heterocycles. The van der Waals surface area contributed by atoms with Crippen LogP contribution in [0.3, 0.4) is 0 Å². The first-order chi connectivity index (χ1) is 15.9. The number of anilines is 1. The zero-order valence-electron chi connectivity index (χ0n) is 18.5. The van der Waals surface area contributed by atoms with Crippen molar-refractivity contribution in [2.45, 2.75) is 24.8 Å². The van der Waals surface area contributed by atoms with Gasteiger partial charge in [0, 0.05) is 18.7 Å². The summed E-state index contributed by atoms with van der Waals surface area (Å²) in [5.74, 6) is 0.216.